The van der Waals surface area contributed by atoms with E-state index in [-0.39, 0.29) is 0 Å². The van der Waals surface area contributed by atoms with Crippen molar-refractivity contribution in [2.45, 2.75) is 19.4 Å². The van der Waals surface area contributed by atoms with Crippen LogP contribution in [0, 0.1) is 0 Å². The van der Waals surface area contributed by atoms with Gasteiger partial charge in [-0.2, -0.15) is 0 Å². The van der Waals surface area contributed by atoms with Gasteiger partial charge >= 0.3 is 0 Å². The molecule has 0 bridgehead atoms. The molecule has 1 aromatic heterocycles. The molecule has 3 nitrogen and oxygen atoms in total. The first-order valence-corrected chi connectivity index (χ1v) is 8.57. The maximum atomic E-state index is 5.22. The van der Waals surface area contributed by atoms with Gasteiger partial charge < -0.3 is 9.30 Å². The Balaban J connectivity index is 1.93. The molecule has 0 N–H and O–H groups in total. The molecule has 0 fully saturated rings. The molecule has 0 atom stereocenters. The highest BCUT2D eigenvalue weighted by Crippen LogP contribution is 2.20. The van der Waals surface area contributed by atoms with Crippen molar-refractivity contribution in [3.8, 4) is 5.75 Å². The van der Waals surface area contributed by atoms with Crippen LogP contribution in [0.5, 0.6) is 5.75 Å². The zero-order valence-electron chi connectivity index (χ0n) is 12.6. The molecule has 3 aromatic rings. The molecular weight excluding hydrogens is 340 g/mol. The van der Waals surface area contributed by atoms with Crippen molar-refractivity contribution in [2.75, 3.05) is 12.4 Å². The van der Waals surface area contributed by atoms with Crippen LogP contribution in [0.2, 0.25) is 0 Å². The summed E-state index contributed by atoms with van der Waals surface area (Å²) in [7, 11) is 1.69. The van der Waals surface area contributed by atoms with Crippen molar-refractivity contribution in [3.63, 3.8) is 0 Å². The molecule has 2 aromatic carbocycles. The summed E-state index contributed by atoms with van der Waals surface area (Å²) < 4.78 is 7.55. The van der Waals surface area contributed by atoms with Crippen LogP contribution < -0.4 is 4.74 Å². The molecule has 0 aliphatic carbocycles. The zero-order valence-corrected chi connectivity index (χ0v) is 14.2. The van der Waals surface area contributed by atoms with Crippen molar-refractivity contribution in [2.24, 2.45) is 0 Å². The van der Waals surface area contributed by atoms with E-state index in [9.17, 15) is 0 Å². The summed E-state index contributed by atoms with van der Waals surface area (Å²) in [6.45, 7) is 0.983. The molecule has 0 aliphatic rings. The third-order valence-corrected chi connectivity index (χ3v) is 4.33. The first-order chi connectivity index (χ1) is 10.8. The van der Waals surface area contributed by atoms with Gasteiger partial charge in [0.1, 0.15) is 11.6 Å². The van der Waals surface area contributed by atoms with Crippen LogP contribution in [0.3, 0.4) is 0 Å². The Hall–Kier alpha value is -1.81. The van der Waals surface area contributed by atoms with E-state index < -0.39 is 0 Å². The maximum Gasteiger partial charge on any atom is 0.118 e. The second-order valence-electron chi connectivity index (χ2n) is 5.24. The molecule has 22 heavy (non-hydrogen) atoms. The van der Waals surface area contributed by atoms with Crippen LogP contribution >= 0.6 is 15.9 Å². The molecule has 114 valence electrons. The van der Waals surface area contributed by atoms with Gasteiger partial charge in [-0.25, -0.2) is 4.98 Å². The first kappa shape index (κ1) is 15.1. The van der Waals surface area contributed by atoms with Gasteiger partial charge in [-0.15, -0.1) is 0 Å². The summed E-state index contributed by atoms with van der Waals surface area (Å²) in [4.78, 5) is 4.82. The predicted molar refractivity (Wildman–Crippen MR) is 93.9 cm³/mol. The second kappa shape index (κ2) is 6.97. The lowest BCUT2D eigenvalue weighted by molar-refractivity contribution is 0.414. The Bertz CT molecular complexity index is 749. The summed E-state index contributed by atoms with van der Waals surface area (Å²) in [5, 5.41) is 1.00. The fourth-order valence-electron chi connectivity index (χ4n) is 2.65. The van der Waals surface area contributed by atoms with E-state index in [1.165, 1.54) is 11.1 Å². The number of rotatable bonds is 6. The lowest BCUT2D eigenvalue weighted by Crippen LogP contribution is -2.05. The summed E-state index contributed by atoms with van der Waals surface area (Å²) >= 11 is 3.52. The minimum atomic E-state index is 0.834. The first-order valence-electron chi connectivity index (χ1n) is 7.45. The number of benzene rings is 2. The number of alkyl halides is 1. The molecule has 4 heteroatoms. The Morgan fingerprint density at radius 3 is 2.59 bits per heavy atom. The number of nitrogens with zero attached hydrogens (tertiary/aromatic N) is 2. The fourth-order valence-corrected chi connectivity index (χ4v) is 2.90. The topological polar surface area (TPSA) is 27.1 Å². The predicted octanol–water partition coefficient (Wildman–Crippen LogP) is 4.42. The number of hydrogen-bond donors (Lipinski definition) is 0. The van der Waals surface area contributed by atoms with Crippen LogP contribution in [-0.4, -0.2) is 22.0 Å². The zero-order chi connectivity index (χ0) is 15.4. The third kappa shape index (κ3) is 3.17. The highest BCUT2D eigenvalue weighted by atomic mass is 79.9. The van der Waals surface area contributed by atoms with Gasteiger partial charge in [0.05, 0.1) is 18.1 Å². The minimum Gasteiger partial charge on any atom is -0.497 e. The van der Waals surface area contributed by atoms with Crippen molar-refractivity contribution in [1.29, 1.82) is 0 Å². The number of methoxy groups -OCH3 is 1. The lowest BCUT2D eigenvalue weighted by atomic mass is 10.1. The number of hydrogen-bond acceptors (Lipinski definition) is 2. The molecule has 1 heterocycles. The Labute approximate surface area is 139 Å². The summed E-state index contributed by atoms with van der Waals surface area (Å²) in [6, 6.07) is 16.6. The average Bonchev–Trinajstić information content (AvgIpc) is 2.91. The van der Waals surface area contributed by atoms with Crippen molar-refractivity contribution >= 4 is 27.0 Å². The van der Waals surface area contributed by atoms with Crippen LogP contribution in [0.15, 0.2) is 48.5 Å². The molecule has 0 amide bonds. The number of ether oxygens (including phenoxy) is 1. The van der Waals surface area contributed by atoms with Gasteiger partial charge in [-0.3, -0.25) is 0 Å². The summed E-state index contributed by atoms with van der Waals surface area (Å²) in [5.41, 5.74) is 3.53. The summed E-state index contributed by atoms with van der Waals surface area (Å²) in [5.74, 6) is 2.00. The van der Waals surface area contributed by atoms with Gasteiger partial charge in [-0.05, 0) is 36.2 Å². The van der Waals surface area contributed by atoms with Crippen LogP contribution in [-0.2, 0) is 13.0 Å². The van der Waals surface area contributed by atoms with Crippen LogP contribution in [0.4, 0.5) is 0 Å². The monoisotopic (exact) mass is 358 g/mol. The molecule has 0 radical (unpaired) electrons. The smallest absolute Gasteiger partial charge is 0.118 e. The van der Waals surface area contributed by atoms with Gasteiger partial charge in [-0.1, -0.05) is 40.2 Å². The molecule has 0 saturated carbocycles. The molecule has 0 spiro atoms. The van der Waals surface area contributed by atoms with Crippen LogP contribution in [0.1, 0.15) is 17.8 Å². The standard InChI is InChI=1S/C18H19BrN2O/c1-22-15-9-7-14(8-10-15)13-18-20-16-5-2-3-6-17(16)21(18)12-4-11-19/h2-3,5-10H,4,11-13H2,1H3. The number of aromatic nitrogens is 2. The molecule has 0 saturated heterocycles. The maximum absolute atomic E-state index is 5.22. The number of imidazole rings is 1. The third-order valence-electron chi connectivity index (χ3n) is 3.77. The van der Waals surface area contributed by atoms with Gasteiger partial charge in [0.25, 0.3) is 0 Å². The van der Waals surface area contributed by atoms with Gasteiger partial charge in [0.2, 0.25) is 0 Å². The van der Waals surface area contributed by atoms with Crippen molar-refractivity contribution in [3.05, 3.63) is 59.9 Å². The average molecular weight is 359 g/mol. The van der Waals surface area contributed by atoms with E-state index in [0.717, 1.165) is 41.8 Å². The molecular formula is C18H19BrN2O. The number of halogens is 1. The van der Waals surface area contributed by atoms with Gasteiger partial charge in [0, 0.05) is 18.3 Å². The van der Waals surface area contributed by atoms with Gasteiger partial charge in [0.15, 0.2) is 0 Å². The highest BCUT2D eigenvalue weighted by Gasteiger charge is 2.10. The number of fused-ring (bicyclic) bond motifs is 1. The number of para-hydroxylation sites is 2. The Morgan fingerprint density at radius 2 is 1.86 bits per heavy atom. The highest BCUT2D eigenvalue weighted by molar-refractivity contribution is 9.09. The fraction of sp³-hybridized carbons (Fsp3) is 0.278. The lowest BCUT2D eigenvalue weighted by Gasteiger charge is -2.09. The second-order valence-corrected chi connectivity index (χ2v) is 6.03. The summed E-state index contributed by atoms with van der Waals surface area (Å²) in [6.07, 6.45) is 1.93. The minimum absolute atomic E-state index is 0.834. The number of aryl methyl sites for hydroxylation is 1. The van der Waals surface area contributed by atoms with Crippen molar-refractivity contribution in [1.82, 2.24) is 9.55 Å². The SMILES string of the molecule is COc1ccc(Cc2nc3ccccc3n2CCCBr)cc1. The van der Waals surface area contributed by atoms with Crippen molar-refractivity contribution < 1.29 is 4.74 Å². The quantitative estimate of drug-likeness (QED) is 0.609. The Morgan fingerprint density at radius 1 is 1.09 bits per heavy atom. The van der Waals surface area contributed by atoms with E-state index in [2.05, 4.69) is 50.8 Å². The van der Waals surface area contributed by atoms with E-state index in [0.29, 0.717) is 0 Å². The molecule has 0 unspecified atom stereocenters. The van der Waals surface area contributed by atoms with E-state index in [1.807, 2.05) is 18.2 Å². The largest absolute Gasteiger partial charge is 0.497 e. The van der Waals surface area contributed by atoms with E-state index in [1.54, 1.807) is 7.11 Å². The van der Waals surface area contributed by atoms with E-state index >= 15 is 0 Å². The van der Waals surface area contributed by atoms with Crippen LogP contribution in [0.25, 0.3) is 11.0 Å². The molecule has 0 aliphatic heterocycles. The normalized spacial score (nSPS) is 11.0. The molecule has 3 rings (SSSR count). The van der Waals surface area contributed by atoms with E-state index in [4.69, 9.17) is 9.72 Å². The Kier molecular flexibility index (Phi) is 4.78.